The van der Waals surface area contributed by atoms with Crippen molar-refractivity contribution in [1.82, 2.24) is 14.6 Å². The van der Waals surface area contributed by atoms with Gasteiger partial charge in [-0.2, -0.15) is 10.1 Å². The van der Waals surface area contributed by atoms with Gasteiger partial charge < -0.3 is 24.5 Å². The zero-order chi connectivity index (χ0) is 34.1. The lowest BCUT2D eigenvalue weighted by molar-refractivity contribution is -0.152. The number of rotatable bonds is 17. The summed E-state index contributed by atoms with van der Waals surface area (Å²) in [6.45, 7) is 8.40. The molecular weight excluding hydrogens is 629 g/mol. The normalized spacial score (nSPS) is 21.1. The van der Waals surface area contributed by atoms with E-state index in [0.29, 0.717) is 17.4 Å². The molecule has 2 aromatic rings. The predicted molar refractivity (Wildman–Crippen MR) is 164 cm³/mol. The molecule has 0 saturated carbocycles. The van der Waals surface area contributed by atoms with Gasteiger partial charge in [0.1, 0.15) is 17.6 Å². The Kier molecular flexibility index (Phi) is 13.2. The van der Waals surface area contributed by atoms with E-state index in [0.717, 1.165) is 6.20 Å². The molecule has 1 aromatic carbocycles. The van der Waals surface area contributed by atoms with Crippen LogP contribution < -0.4 is 21.0 Å². The lowest BCUT2D eigenvalue weighted by atomic mass is 10.00. The lowest BCUT2D eigenvalue weighted by Gasteiger charge is -2.26. The number of halogens is 2. The number of nitrogens with zero attached hydrogens (tertiary/aromatic N) is 2. The minimum Gasteiger partial charge on any atom is -0.466 e. The zero-order valence-corrected chi connectivity index (χ0v) is 27.5. The summed E-state index contributed by atoms with van der Waals surface area (Å²) in [7, 11) is -4.61. The molecule has 16 heteroatoms. The van der Waals surface area contributed by atoms with Crippen LogP contribution in [-0.4, -0.2) is 59.4 Å². The molecule has 0 aliphatic carbocycles. The standard InChI is InChI=1S/C30H43F2N4O9P/c1-19(2)12-15-41-26(37)17-23(27(38)42-16-13-20(3)4)35-46(40,45-22-9-7-6-8-10-22)43-18-24-21(5)30(31,32)28(44-24)36-14-11-25(33)34-29(36)39/h6-11,14,19-21,23-24,28H,12-13,15-18H2,1-5H3,(H,35,40)(H2,33,34,39)/t21?,23-,24+,28+,46?/m0/s1. The van der Waals surface area contributed by atoms with Crippen LogP contribution in [0, 0.1) is 17.8 Å². The smallest absolute Gasteiger partial charge is 0.459 e. The summed E-state index contributed by atoms with van der Waals surface area (Å²) in [5.74, 6) is -6.38. The second kappa shape index (κ2) is 16.4. The van der Waals surface area contributed by atoms with Gasteiger partial charge in [0.25, 0.3) is 5.92 Å². The number of alkyl halides is 2. The number of hydrogen-bond acceptors (Lipinski definition) is 11. The monoisotopic (exact) mass is 672 g/mol. The first-order valence-corrected chi connectivity index (χ1v) is 16.6. The molecule has 1 fully saturated rings. The largest absolute Gasteiger partial charge is 0.466 e. The lowest BCUT2D eigenvalue weighted by Crippen LogP contribution is -2.40. The number of nitrogens with one attached hydrogen (secondary N) is 1. The van der Waals surface area contributed by atoms with Gasteiger partial charge in [-0.3, -0.25) is 18.7 Å². The maximum atomic E-state index is 15.3. The van der Waals surface area contributed by atoms with Crippen molar-refractivity contribution in [2.75, 3.05) is 25.6 Å². The van der Waals surface area contributed by atoms with E-state index in [9.17, 15) is 18.9 Å². The molecule has 0 bridgehead atoms. The summed E-state index contributed by atoms with van der Waals surface area (Å²) >= 11 is 0. The number of carbonyl (C=O) groups excluding carboxylic acids is 2. The Labute approximate surface area is 266 Å². The Morgan fingerprint density at radius 3 is 2.33 bits per heavy atom. The Morgan fingerprint density at radius 1 is 1.09 bits per heavy atom. The second-order valence-corrected chi connectivity index (χ2v) is 13.6. The molecule has 3 rings (SSSR count). The quantitative estimate of drug-likeness (QED) is 0.175. The van der Waals surface area contributed by atoms with Gasteiger partial charge >= 0.3 is 25.4 Å². The van der Waals surface area contributed by atoms with Crippen molar-refractivity contribution in [2.24, 2.45) is 17.8 Å². The molecule has 2 unspecified atom stereocenters. The average molecular weight is 673 g/mol. The number of anilines is 1. The van der Waals surface area contributed by atoms with Crippen molar-refractivity contribution in [1.29, 1.82) is 0 Å². The maximum Gasteiger partial charge on any atom is 0.459 e. The van der Waals surface area contributed by atoms with E-state index in [4.69, 9.17) is 29.0 Å². The van der Waals surface area contributed by atoms with Crippen LogP contribution in [0.25, 0.3) is 0 Å². The van der Waals surface area contributed by atoms with Crippen LogP contribution in [0.15, 0.2) is 47.4 Å². The van der Waals surface area contributed by atoms with Crippen molar-refractivity contribution in [3.8, 4) is 5.75 Å². The third-order valence-corrected chi connectivity index (χ3v) is 8.71. The highest BCUT2D eigenvalue weighted by Gasteiger charge is 2.58. The van der Waals surface area contributed by atoms with Gasteiger partial charge in [-0.15, -0.1) is 0 Å². The second-order valence-electron chi connectivity index (χ2n) is 11.9. The number of carbonyl (C=O) groups is 2. The molecule has 0 spiro atoms. The van der Waals surface area contributed by atoms with Crippen LogP contribution in [0.4, 0.5) is 14.6 Å². The van der Waals surface area contributed by atoms with Crippen molar-refractivity contribution >= 4 is 25.5 Å². The Hall–Kier alpha value is -3.39. The fourth-order valence-electron chi connectivity index (χ4n) is 4.27. The first-order valence-electron chi connectivity index (χ1n) is 15.1. The number of nitrogens with two attached hydrogens (primary N) is 1. The Morgan fingerprint density at radius 2 is 1.72 bits per heavy atom. The van der Waals surface area contributed by atoms with Gasteiger partial charge in [-0.1, -0.05) is 52.8 Å². The van der Waals surface area contributed by atoms with Gasteiger partial charge in [0.2, 0.25) is 6.23 Å². The number of ether oxygens (including phenoxy) is 3. The van der Waals surface area contributed by atoms with E-state index in [-0.39, 0.29) is 36.6 Å². The molecule has 1 saturated heterocycles. The maximum absolute atomic E-state index is 15.3. The molecule has 0 radical (unpaired) electrons. The molecule has 3 N–H and O–H groups in total. The number of nitrogen functional groups attached to an aromatic ring is 1. The number of hydrogen-bond donors (Lipinski definition) is 2. The van der Waals surface area contributed by atoms with E-state index >= 15 is 8.78 Å². The zero-order valence-electron chi connectivity index (χ0n) is 26.6. The molecule has 1 aromatic heterocycles. The van der Waals surface area contributed by atoms with Gasteiger partial charge in [-0.05, 0) is 42.9 Å². The minimum absolute atomic E-state index is 0.0328. The van der Waals surface area contributed by atoms with Crippen LogP contribution in [0.5, 0.6) is 5.75 Å². The molecule has 256 valence electrons. The summed E-state index contributed by atoms with van der Waals surface area (Å²) in [6, 6.07) is 7.43. The van der Waals surface area contributed by atoms with Crippen LogP contribution in [-0.2, 0) is 32.9 Å². The fraction of sp³-hybridized carbons (Fsp3) is 0.600. The van der Waals surface area contributed by atoms with Gasteiger partial charge in [0, 0.05) is 6.20 Å². The number of aromatic nitrogens is 2. The van der Waals surface area contributed by atoms with Crippen molar-refractivity contribution in [3.63, 3.8) is 0 Å². The van der Waals surface area contributed by atoms with Gasteiger partial charge in [0.15, 0.2) is 0 Å². The average Bonchev–Trinajstić information content (AvgIpc) is 3.19. The summed E-state index contributed by atoms with van der Waals surface area (Å²) in [5.41, 5.74) is 4.44. The van der Waals surface area contributed by atoms with Crippen LogP contribution >= 0.6 is 7.75 Å². The van der Waals surface area contributed by atoms with Crippen molar-refractivity contribution < 1.29 is 46.2 Å². The van der Waals surface area contributed by atoms with E-state index in [1.165, 1.54) is 25.1 Å². The van der Waals surface area contributed by atoms with Crippen LogP contribution in [0.2, 0.25) is 0 Å². The summed E-state index contributed by atoms with van der Waals surface area (Å²) in [6.07, 6.45) is -1.86. The Balaban J connectivity index is 1.84. The number of benzene rings is 1. The number of para-hydroxylation sites is 1. The molecule has 0 amide bonds. The highest BCUT2D eigenvalue weighted by Crippen LogP contribution is 2.50. The summed E-state index contributed by atoms with van der Waals surface area (Å²) < 4.78 is 72.9. The van der Waals surface area contributed by atoms with Gasteiger partial charge in [-0.25, -0.2) is 18.1 Å². The van der Waals surface area contributed by atoms with E-state index in [2.05, 4.69) is 10.1 Å². The third-order valence-electron chi connectivity index (χ3n) is 7.15. The molecule has 1 aliphatic heterocycles. The molecule has 2 heterocycles. The molecule has 5 atom stereocenters. The highest BCUT2D eigenvalue weighted by molar-refractivity contribution is 7.52. The third kappa shape index (κ3) is 10.6. The Bertz CT molecular complexity index is 1410. The molecule has 13 nitrogen and oxygen atoms in total. The van der Waals surface area contributed by atoms with Crippen LogP contribution in [0.3, 0.4) is 0 Å². The highest BCUT2D eigenvalue weighted by atomic mass is 31.2. The molecule has 46 heavy (non-hydrogen) atoms. The summed E-state index contributed by atoms with van der Waals surface area (Å²) in [4.78, 5) is 41.6. The molecule has 1 aliphatic rings. The van der Waals surface area contributed by atoms with Crippen LogP contribution in [0.1, 0.15) is 60.1 Å². The fourth-order valence-corrected chi connectivity index (χ4v) is 5.77. The van der Waals surface area contributed by atoms with E-state index < -0.39 is 68.6 Å². The summed E-state index contributed by atoms with van der Waals surface area (Å²) in [5, 5.41) is 2.48. The first-order chi connectivity index (χ1) is 21.6. The first kappa shape index (κ1) is 37.1. The topological polar surface area (TPSA) is 170 Å². The molecular formula is C30H43F2N4O9P. The number of esters is 2. The van der Waals surface area contributed by atoms with Crippen molar-refractivity contribution in [2.45, 2.75) is 78.2 Å². The SMILES string of the molecule is CC(C)CCOC(=O)C[C@H](NP(=O)(OC[C@H]1O[C@@H](n2ccc(N)nc2=O)C(F)(F)C1C)Oc1ccccc1)C(=O)OCCC(C)C. The predicted octanol–water partition coefficient (Wildman–Crippen LogP) is 4.72. The van der Waals surface area contributed by atoms with E-state index in [1.807, 2.05) is 27.7 Å². The van der Waals surface area contributed by atoms with Crippen molar-refractivity contribution in [3.05, 3.63) is 53.1 Å². The minimum atomic E-state index is -4.61. The van der Waals surface area contributed by atoms with E-state index in [1.54, 1.807) is 18.2 Å². The van der Waals surface area contributed by atoms with Gasteiger partial charge in [0.05, 0.1) is 38.3 Å².